The number of aromatic nitrogens is 1. The van der Waals surface area contributed by atoms with E-state index < -0.39 is 0 Å². The highest BCUT2D eigenvalue weighted by molar-refractivity contribution is 9.10. The van der Waals surface area contributed by atoms with Crippen LogP contribution in [-0.2, 0) is 6.54 Å². The molecule has 1 aromatic carbocycles. The van der Waals surface area contributed by atoms with Crippen LogP contribution in [0.4, 0.5) is 0 Å². The quantitative estimate of drug-likeness (QED) is 0.884. The van der Waals surface area contributed by atoms with E-state index in [0.29, 0.717) is 0 Å². The second-order valence-electron chi connectivity index (χ2n) is 4.66. The van der Waals surface area contributed by atoms with E-state index in [4.69, 9.17) is 0 Å². The van der Waals surface area contributed by atoms with Crippen LogP contribution >= 0.6 is 27.7 Å². The number of benzene rings is 1. The highest BCUT2D eigenvalue weighted by Crippen LogP contribution is 2.34. The monoisotopic (exact) mass is 334 g/mol. The fourth-order valence-corrected chi connectivity index (χ4v) is 3.26. The van der Waals surface area contributed by atoms with Gasteiger partial charge in [-0.2, -0.15) is 0 Å². The summed E-state index contributed by atoms with van der Waals surface area (Å²) in [5.41, 5.74) is 1.27. The van der Waals surface area contributed by atoms with Gasteiger partial charge in [0.25, 0.3) is 0 Å². The predicted molar refractivity (Wildman–Crippen MR) is 82.4 cm³/mol. The molecule has 1 aliphatic rings. The van der Waals surface area contributed by atoms with Crippen LogP contribution in [-0.4, -0.2) is 11.0 Å². The van der Waals surface area contributed by atoms with Gasteiger partial charge in [0.05, 0.1) is 0 Å². The first-order valence-electron chi connectivity index (χ1n) is 6.42. The first-order chi connectivity index (χ1) is 9.33. The average molecular weight is 335 g/mol. The number of rotatable bonds is 5. The molecule has 0 unspecified atom stereocenters. The molecule has 0 saturated heterocycles. The molecular weight excluding hydrogens is 320 g/mol. The number of hydrogen-bond donors (Lipinski definition) is 1. The number of nitrogens with zero attached hydrogens (tertiary/aromatic N) is 1. The lowest BCUT2D eigenvalue weighted by atomic mass is 10.3. The van der Waals surface area contributed by atoms with Gasteiger partial charge in [0, 0.05) is 28.2 Å². The Hall–Kier alpha value is -0.840. The van der Waals surface area contributed by atoms with Crippen LogP contribution in [0.25, 0.3) is 0 Å². The van der Waals surface area contributed by atoms with Gasteiger partial charge in [-0.3, -0.25) is 0 Å². The maximum Gasteiger partial charge on any atom is 0.105 e. The number of nitrogens with one attached hydrogen (secondary N) is 1. The molecule has 4 heteroatoms. The van der Waals surface area contributed by atoms with E-state index in [9.17, 15) is 0 Å². The molecule has 3 rings (SSSR count). The van der Waals surface area contributed by atoms with Crippen molar-refractivity contribution in [2.75, 3.05) is 0 Å². The van der Waals surface area contributed by atoms with Crippen molar-refractivity contribution in [2.45, 2.75) is 35.3 Å². The Morgan fingerprint density at radius 2 is 2.05 bits per heavy atom. The molecule has 2 nitrogen and oxygen atoms in total. The number of hydrogen-bond acceptors (Lipinski definition) is 3. The third-order valence-corrected chi connectivity index (χ3v) is 5.14. The van der Waals surface area contributed by atoms with Crippen LogP contribution in [0.2, 0.25) is 0 Å². The Balaban J connectivity index is 1.77. The molecule has 1 heterocycles. The topological polar surface area (TPSA) is 24.9 Å². The van der Waals surface area contributed by atoms with Crippen molar-refractivity contribution in [2.24, 2.45) is 0 Å². The van der Waals surface area contributed by atoms with Crippen molar-refractivity contribution >= 4 is 27.7 Å². The number of halogens is 1. The molecule has 2 aromatic rings. The van der Waals surface area contributed by atoms with Gasteiger partial charge in [-0.15, -0.1) is 0 Å². The lowest BCUT2D eigenvalue weighted by Gasteiger charge is -2.09. The molecule has 0 amide bonds. The van der Waals surface area contributed by atoms with Gasteiger partial charge >= 0.3 is 0 Å². The summed E-state index contributed by atoms with van der Waals surface area (Å²) in [6.07, 6.45) is 4.49. The molecule has 0 spiro atoms. The third-order valence-electron chi connectivity index (χ3n) is 3.05. The minimum atomic E-state index is 0.724. The zero-order valence-corrected chi connectivity index (χ0v) is 12.9. The largest absolute Gasteiger partial charge is 0.310 e. The maximum absolute atomic E-state index is 4.52. The zero-order chi connectivity index (χ0) is 13.1. The number of pyridine rings is 1. The molecule has 0 atom stereocenters. The summed E-state index contributed by atoms with van der Waals surface area (Å²) >= 11 is 5.30. The van der Waals surface area contributed by atoms with Gasteiger partial charge in [0.1, 0.15) is 5.03 Å². The molecule has 1 N–H and O–H groups in total. The van der Waals surface area contributed by atoms with E-state index >= 15 is 0 Å². The molecule has 19 heavy (non-hydrogen) atoms. The van der Waals surface area contributed by atoms with Crippen LogP contribution < -0.4 is 5.32 Å². The van der Waals surface area contributed by atoms with Crippen LogP contribution in [0.3, 0.4) is 0 Å². The first-order valence-corrected chi connectivity index (χ1v) is 8.03. The lowest BCUT2D eigenvalue weighted by molar-refractivity contribution is 0.675. The van der Waals surface area contributed by atoms with Crippen molar-refractivity contribution in [1.29, 1.82) is 0 Å². The Bertz CT molecular complexity index is 570. The lowest BCUT2D eigenvalue weighted by Crippen LogP contribution is -2.16. The van der Waals surface area contributed by atoms with Crippen molar-refractivity contribution in [3.63, 3.8) is 0 Å². The Morgan fingerprint density at radius 3 is 2.84 bits per heavy atom. The van der Waals surface area contributed by atoms with E-state index in [0.717, 1.165) is 22.1 Å². The SMILES string of the molecule is Brc1ccccc1Sc1ncccc1CNC1CC1. The summed E-state index contributed by atoms with van der Waals surface area (Å²) in [5, 5.41) is 4.63. The van der Waals surface area contributed by atoms with Crippen molar-refractivity contribution in [3.8, 4) is 0 Å². The van der Waals surface area contributed by atoms with Gasteiger partial charge in [-0.1, -0.05) is 30.0 Å². The molecule has 1 saturated carbocycles. The minimum Gasteiger partial charge on any atom is -0.310 e. The summed E-state index contributed by atoms with van der Waals surface area (Å²) in [4.78, 5) is 5.72. The Morgan fingerprint density at radius 1 is 1.21 bits per heavy atom. The van der Waals surface area contributed by atoms with Crippen LogP contribution in [0.15, 0.2) is 57.0 Å². The minimum absolute atomic E-state index is 0.724. The first kappa shape index (κ1) is 13.2. The van der Waals surface area contributed by atoms with E-state index in [1.807, 2.05) is 18.3 Å². The average Bonchev–Trinajstić information content (AvgIpc) is 3.24. The zero-order valence-electron chi connectivity index (χ0n) is 10.5. The molecule has 1 fully saturated rings. The summed E-state index contributed by atoms with van der Waals surface area (Å²) in [6, 6.07) is 13.1. The van der Waals surface area contributed by atoms with Crippen LogP contribution in [0.5, 0.6) is 0 Å². The summed E-state index contributed by atoms with van der Waals surface area (Å²) in [6.45, 7) is 0.908. The summed E-state index contributed by atoms with van der Waals surface area (Å²) in [5.74, 6) is 0. The predicted octanol–water partition coefficient (Wildman–Crippen LogP) is 4.25. The van der Waals surface area contributed by atoms with Gasteiger partial charge in [0.15, 0.2) is 0 Å². The molecule has 1 aromatic heterocycles. The second-order valence-corrected chi connectivity index (χ2v) is 6.54. The highest BCUT2D eigenvalue weighted by atomic mass is 79.9. The van der Waals surface area contributed by atoms with E-state index in [1.54, 1.807) is 11.8 Å². The van der Waals surface area contributed by atoms with E-state index in [1.165, 1.54) is 23.3 Å². The van der Waals surface area contributed by atoms with Gasteiger partial charge in [-0.05, 0) is 52.5 Å². The smallest absolute Gasteiger partial charge is 0.105 e. The van der Waals surface area contributed by atoms with Crippen LogP contribution in [0.1, 0.15) is 18.4 Å². The van der Waals surface area contributed by atoms with Crippen molar-refractivity contribution in [1.82, 2.24) is 10.3 Å². The molecule has 0 radical (unpaired) electrons. The van der Waals surface area contributed by atoms with Gasteiger partial charge in [-0.25, -0.2) is 4.98 Å². The standard InChI is InChI=1S/C15H15BrN2S/c16-13-5-1-2-6-14(13)19-15-11(4-3-9-17-15)10-18-12-7-8-12/h1-6,9,12,18H,7-8,10H2. The summed E-state index contributed by atoms with van der Waals surface area (Å²) in [7, 11) is 0. The highest BCUT2D eigenvalue weighted by Gasteiger charge is 2.20. The Kier molecular flexibility index (Phi) is 4.21. The molecule has 0 aliphatic heterocycles. The maximum atomic E-state index is 4.52. The molecule has 98 valence electrons. The molecule has 1 aliphatic carbocycles. The summed E-state index contributed by atoms with van der Waals surface area (Å²) < 4.78 is 1.12. The molecular formula is C15H15BrN2S. The second kappa shape index (κ2) is 6.07. The fraction of sp³-hybridized carbons (Fsp3) is 0.267. The molecule has 0 bridgehead atoms. The van der Waals surface area contributed by atoms with E-state index in [-0.39, 0.29) is 0 Å². The van der Waals surface area contributed by atoms with E-state index in [2.05, 4.69) is 50.5 Å². The van der Waals surface area contributed by atoms with Crippen molar-refractivity contribution < 1.29 is 0 Å². The fourth-order valence-electron chi connectivity index (χ4n) is 1.82. The van der Waals surface area contributed by atoms with Gasteiger partial charge < -0.3 is 5.32 Å². The third kappa shape index (κ3) is 3.59. The van der Waals surface area contributed by atoms with Crippen LogP contribution in [0, 0.1) is 0 Å². The van der Waals surface area contributed by atoms with Crippen molar-refractivity contribution in [3.05, 3.63) is 52.6 Å². The van der Waals surface area contributed by atoms with Gasteiger partial charge in [0.2, 0.25) is 0 Å². The normalized spacial score (nSPS) is 14.6. The Labute approximate surface area is 126 Å².